The SMILES string of the molecule is Cn1nc(C2CCNCC2)nc1NC(=O)CCCOc1cccc(F)c1. The van der Waals surface area contributed by atoms with Crippen LogP contribution in [0.3, 0.4) is 0 Å². The second-order valence-corrected chi connectivity index (χ2v) is 6.40. The predicted molar refractivity (Wildman–Crippen MR) is 95.6 cm³/mol. The fraction of sp³-hybridized carbons (Fsp3) is 0.500. The zero-order chi connectivity index (χ0) is 18.4. The molecular weight excluding hydrogens is 337 g/mol. The Hall–Kier alpha value is -2.48. The van der Waals surface area contributed by atoms with Gasteiger partial charge in [0.1, 0.15) is 11.6 Å². The van der Waals surface area contributed by atoms with Gasteiger partial charge >= 0.3 is 0 Å². The van der Waals surface area contributed by atoms with E-state index >= 15 is 0 Å². The van der Waals surface area contributed by atoms with Crippen LogP contribution in [-0.2, 0) is 11.8 Å². The molecule has 0 radical (unpaired) electrons. The summed E-state index contributed by atoms with van der Waals surface area (Å²) in [4.78, 5) is 16.6. The van der Waals surface area contributed by atoms with Crippen LogP contribution in [0.1, 0.15) is 37.4 Å². The van der Waals surface area contributed by atoms with Crippen molar-refractivity contribution in [3.63, 3.8) is 0 Å². The Morgan fingerprint density at radius 2 is 2.23 bits per heavy atom. The highest BCUT2D eigenvalue weighted by atomic mass is 19.1. The maximum atomic E-state index is 13.1. The van der Waals surface area contributed by atoms with Crippen LogP contribution in [0.25, 0.3) is 0 Å². The molecule has 0 spiro atoms. The van der Waals surface area contributed by atoms with Crippen molar-refractivity contribution < 1.29 is 13.9 Å². The van der Waals surface area contributed by atoms with Gasteiger partial charge in [0, 0.05) is 25.5 Å². The van der Waals surface area contributed by atoms with Crippen LogP contribution in [0.2, 0.25) is 0 Å². The molecule has 1 saturated heterocycles. The summed E-state index contributed by atoms with van der Waals surface area (Å²) in [6.45, 7) is 2.28. The number of anilines is 1. The largest absolute Gasteiger partial charge is 0.493 e. The number of hydrogen-bond acceptors (Lipinski definition) is 5. The lowest BCUT2D eigenvalue weighted by atomic mass is 9.98. The van der Waals surface area contributed by atoms with Gasteiger partial charge in [0.15, 0.2) is 5.82 Å². The maximum absolute atomic E-state index is 13.1. The number of hydrogen-bond donors (Lipinski definition) is 2. The minimum absolute atomic E-state index is 0.139. The van der Waals surface area contributed by atoms with Crippen LogP contribution >= 0.6 is 0 Å². The van der Waals surface area contributed by atoms with Crippen LogP contribution < -0.4 is 15.4 Å². The Morgan fingerprint density at radius 1 is 1.42 bits per heavy atom. The summed E-state index contributed by atoms with van der Waals surface area (Å²) < 4.78 is 20.1. The van der Waals surface area contributed by atoms with Gasteiger partial charge in [0.25, 0.3) is 0 Å². The fourth-order valence-electron chi connectivity index (χ4n) is 2.93. The zero-order valence-electron chi connectivity index (χ0n) is 14.9. The molecule has 1 aliphatic rings. The van der Waals surface area contributed by atoms with Crippen molar-refractivity contribution in [1.29, 1.82) is 0 Å². The van der Waals surface area contributed by atoms with Crippen molar-refractivity contribution in [2.24, 2.45) is 7.05 Å². The molecule has 1 aromatic carbocycles. The van der Waals surface area contributed by atoms with Crippen LogP contribution in [0.4, 0.5) is 10.3 Å². The summed E-state index contributed by atoms with van der Waals surface area (Å²) in [6.07, 6.45) is 2.84. The van der Waals surface area contributed by atoms with Gasteiger partial charge in [-0.2, -0.15) is 10.1 Å². The first-order valence-corrected chi connectivity index (χ1v) is 8.91. The minimum atomic E-state index is -0.341. The summed E-state index contributed by atoms with van der Waals surface area (Å²) in [5.41, 5.74) is 0. The first-order valence-electron chi connectivity index (χ1n) is 8.91. The molecule has 8 heteroatoms. The smallest absolute Gasteiger partial charge is 0.227 e. The second-order valence-electron chi connectivity index (χ2n) is 6.40. The molecule has 1 aliphatic heterocycles. The quantitative estimate of drug-likeness (QED) is 0.739. The molecule has 1 amide bonds. The molecule has 0 unspecified atom stereocenters. The number of aryl methyl sites for hydroxylation is 1. The molecule has 2 heterocycles. The highest BCUT2D eigenvalue weighted by molar-refractivity contribution is 5.88. The van der Waals surface area contributed by atoms with Crippen LogP contribution in [-0.4, -0.2) is 40.4 Å². The first kappa shape index (κ1) is 18.3. The molecule has 2 N–H and O–H groups in total. The molecule has 0 aliphatic carbocycles. The molecule has 7 nitrogen and oxygen atoms in total. The third-order valence-electron chi connectivity index (χ3n) is 4.35. The Labute approximate surface area is 151 Å². The van der Waals surface area contributed by atoms with E-state index in [0.29, 0.717) is 37.1 Å². The lowest BCUT2D eigenvalue weighted by molar-refractivity contribution is -0.116. The van der Waals surface area contributed by atoms with Crippen molar-refractivity contribution in [3.05, 3.63) is 35.9 Å². The number of amides is 1. The molecule has 140 valence electrons. The van der Waals surface area contributed by atoms with E-state index in [1.807, 2.05) is 0 Å². The Morgan fingerprint density at radius 3 is 3.00 bits per heavy atom. The van der Waals surface area contributed by atoms with Crippen LogP contribution in [0, 0.1) is 5.82 Å². The summed E-state index contributed by atoms with van der Waals surface area (Å²) in [6, 6.07) is 5.96. The summed E-state index contributed by atoms with van der Waals surface area (Å²) in [5.74, 6) is 1.58. The standard InChI is InChI=1S/C18H24FN5O2/c1-24-18(22-17(23-24)13-7-9-20-10-8-13)21-16(25)6-3-11-26-15-5-2-4-14(19)12-15/h2,4-5,12-13,20H,3,6-11H2,1H3,(H,21,22,23,25). The third kappa shape index (κ3) is 5.01. The van der Waals surface area contributed by atoms with Crippen molar-refractivity contribution >= 4 is 11.9 Å². The van der Waals surface area contributed by atoms with Gasteiger partial charge in [-0.25, -0.2) is 9.07 Å². The van der Waals surface area contributed by atoms with E-state index < -0.39 is 0 Å². The van der Waals surface area contributed by atoms with Crippen LogP contribution in [0.5, 0.6) is 5.75 Å². The highest BCUT2D eigenvalue weighted by Crippen LogP contribution is 2.23. The second kappa shape index (κ2) is 8.75. The average Bonchev–Trinajstić information content (AvgIpc) is 3.00. The van der Waals surface area contributed by atoms with E-state index in [1.54, 1.807) is 23.9 Å². The summed E-state index contributed by atoms with van der Waals surface area (Å²) in [5, 5.41) is 10.5. The summed E-state index contributed by atoms with van der Waals surface area (Å²) >= 11 is 0. The Balaban J connectivity index is 1.43. The molecule has 26 heavy (non-hydrogen) atoms. The number of benzene rings is 1. The van der Waals surface area contributed by atoms with Crippen LogP contribution in [0.15, 0.2) is 24.3 Å². The summed E-state index contributed by atoms with van der Waals surface area (Å²) in [7, 11) is 1.78. The van der Waals surface area contributed by atoms with Crippen molar-refractivity contribution in [2.75, 3.05) is 25.0 Å². The molecule has 1 fully saturated rings. The zero-order valence-corrected chi connectivity index (χ0v) is 14.9. The number of carbonyl (C=O) groups is 1. The third-order valence-corrected chi connectivity index (χ3v) is 4.35. The van der Waals surface area contributed by atoms with E-state index in [4.69, 9.17) is 4.74 Å². The van der Waals surface area contributed by atoms with E-state index in [1.165, 1.54) is 12.1 Å². The van der Waals surface area contributed by atoms with Gasteiger partial charge < -0.3 is 10.1 Å². The Bertz CT molecular complexity index is 743. The molecule has 0 bridgehead atoms. The molecule has 0 atom stereocenters. The average molecular weight is 361 g/mol. The van der Waals surface area contributed by atoms with E-state index in [2.05, 4.69) is 20.7 Å². The molecule has 2 aromatic rings. The number of nitrogens with one attached hydrogen (secondary N) is 2. The van der Waals surface area contributed by atoms with Gasteiger partial charge in [0.2, 0.25) is 11.9 Å². The van der Waals surface area contributed by atoms with E-state index in [0.717, 1.165) is 31.8 Å². The number of nitrogens with zero attached hydrogens (tertiary/aromatic N) is 3. The van der Waals surface area contributed by atoms with E-state index in [9.17, 15) is 9.18 Å². The van der Waals surface area contributed by atoms with Crippen molar-refractivity contribution in [1.82, 2.24) is 20.1 Å². The number of halogens is 1. The monoisotopic (exact) mass is 361 g/mol. The van der Waals surface area contributed by atoms with Crippen molar-refractivity contribution in [3.8, 4) is 5.75 Å². The topological polar surface area (TPSA) is 81.1 Å². The Kier molecular flexibility index (Phi) is 6.17. The highest BCUT2D eigenvalue weighted by Gasteiger charge is 2.21. The number of rotatable bonds is 7. The lowest BCUT2D eigenvalue weighted by Crippen LogP contribution is -2.27. The maximum Gasteiger partial charge on any atom is 0.227 e. The number of ether oxygens (including phenoxy) is 1. The van der Waals surface area contributed by atoms with Gasteiger partial charge in [-0.15, -0.1) is 0 Å². The number of carbonyl (C=O) groups excluding carboxylic acids is 1. The van der Waals surface area contributed by atoms with Crippen molar-refractivity contribution in [2.45, 2.75) is 31.6 Å². The first-order chi connectivity index (χ1) is 12.6. The van der Waals surface area contributed by atoms with Gasteiger partial charge in [-0.05, 0) is 44.5 Å². The predicted octanol–water partition coefficient (Wildman–Crippen LogP) is 2.22. The number of aromatic nitrogens is 3. The molecule has 1 aromatic heterocycles. The lowest BCUT2D eigenvalue weighted by Gasteiger charge is -2.19. The van der Waals surface area contributed by atoms with E-state index in [-0.39, 0.29) is 11.7 Å². The number of piperidine rings is 1. The van der Waals surface area contributed by atoms with Gasteiger partial charge in [0.05, 0.1) is 6.61 Å². The fourth-order valence-corrected chi connectivity index (χ4v) is 2.93. The minimum Gasteiger partial charge on any atom is -0.493 e. The van der Waals surface area contributed by atoms with Gasteiger partial charge in [-0.3, -0.25) is 10.1 Å². The van der Waals surface area contributed by atoms with Gasteiger partial charge in [-0.1, -0.05) is 6.07 Å². The molecule has 3 rings (SSSR count). The normalized spacial score (nSPS) is 15.0. The molecule has 0 saturated carbocycles. The molecular formula is C18H24FN5O2.